The number of allylic oxidation sites excluding steroid dienone is 4. The average molecular weight is 294 g/mol. The molecule has 21 heavy (non-hydrogen) atoms. The topological polar surface area (TPSA) is 54.4 Å². The summed E-state index contributed by atoms with van der Waals surface area (Å²) < 4.78 is 0. The van der Waals surface area contributed by atoms with Gasteiger partial charge >= 0.3 is 5.97 Å². The van der Waals surface area contributed by atoms with E-state index in [1.54, 1.807) is 6.08 Å². The number of carbonyl (C=O) groups excluding carboxylic acids is 1. The van der Waals surface area contributed by atoms with Crippen LogP contribution in [0.25, 0.3) is 0 Å². The van der Waals surface area contributed by atoms with E-state index in [1.165, 1.54) is 51.0 Å². The van der Waals surface area contributed by atoms with Gasteiger partial charge < -0.3 is 5.11 Å². The molecule has 0 saturated heterocycles. The molecular weight excluding hydrogens is 264 g/mol. The van der Waals surface area contributed by atoms with Gasteiger partial charge in [0.05, 0.1) is 0 Å². The zero-order valence-electron chi connectivity index (χ0n) is 13.4. The molecule has 0 bridgehead atoms. The SMILES string of the molecule is CCCCCCCCC/C=C/C=C/C(=O)CCCC(=O)O. The molecule has 0 amide bonds. The van der Waals surface area contributed by atoms with E-state index < -0.39 is 5.97 Å². The Balaban J connectivity index is 3.43. The Morgan fingerprint density at radius 2 is 1.52 bits per heavy atom. The molecule has 3 nitrogen and oxygen atoms in total. The maximum absolute atomic E-state index is 11.4. The van der Waals surface area contributed by atoms with Gasteiger partial charge in [-0.2, -0.15) is 0 Å². The number of aliphatic carboxylic acids is 1. The summed E-state index contributed by atoms with van der Waals surface area (Å²) in [6, 6.07) is 0. The molecule has 0 aliphatic carbocycles. The van der Waals surface area contributed by atoms with Gasteiger partial charge in [-0.05, 0) is 25.3 Å². The molecule has 0 radical (unpaired) electrons. The molecular formula is C18H30O3. The van der Waals surface area contributed by atoms with Crippen molar-refractivity contribution in [3.63, 3.8) is 0 Å². The minimum atomic E-state index is -0.846. The van der Waals surface area contributed by atoms with Crippen molar-refractivity contribution in [1.29, 1.82) is 0 Å². The van der Waals surface area contributed by atoms with E-state index in [-0.39, 0.29) is 12.2 Å². The van der Waals surface area contributed by atoms with Crippen molar-refractivity contribution in [3.8, 4) is 0 Å². The molecule has 0 atom stereocenters. The van der Waals surface area contributed by atoms with Gasteiger partial charge in [0, 0.05) is 12.8 Å². The Hall–Kier alpha value is -1.38. The van der Waals surface area contributed by atoms with Gasteiger partial charge in [0.25, 0.3) is 0 Å². The number of carboxylic acid groups (broad SMARTS) is 1. The fourth-order valence-corrected chi connectivity index (χ4v) is 2.05. The van der Waals surface area contributed by atoms with Gasteiger partial charge in [0.15, 0.2) is 5.78 Å². The highest BCUT2D eigenvalue weighted by atomic mass is 16.4. The zero-order valence-corrected chi connectivity index (χ0v) is 13.4. The average Bonchev–Trinajstić information content (AvgIpc) is 2.44. The van der Waals surface area contributed by atoms with E-state index in [4.69, 9.17) is 5.11 Å². The van der Waals surface area contributed by atoms with E-state index in [2.05, 4.69) is 13.0 Å². The van der Waals surface area contributed by atoms with Crippen LogP contribution >= 0.6 is 0 Å². The van der Waals surface area contributed by atoms with Crippen molar-refractivity contribution in [1.82, 2.24) is 0 Å². The predicted molar refractivity (Wildman–Crippen MR) is 87.4 cm³/mol. The molecule has 0 aliphatic heterocycles. The lowest BCUT2D eigenvalue weighted by Crippen LogP contribution is -1.97. The van der Waals surface area contributed by atoms with Crippen molar-refractivity contribution >= 4 is 11.8 Å². The normalized spacial score (nSPS) is 11.5. The first-order chi connectivity index (χ1) is 10.2. The molecule has 0 rings (SSSR count). The lowest BCUT2D eigenvalue weighted by atomic mass is 10.1. The van der Waals surface area contributed by atoms with Crippen LogP contribution in [-0.4, -0.2) is 16.9 Å². The first kappa shape index (κ1) is 19.6. The second kappa shape index (κ2) is 15.0. The lowest BCUT2D eigenvalue weighted by Gasteiger charge is -1.98. The van der Waals surface area contributed by atoms with Crippen LogP contribution in [0.15, 0.2) is 24.3 Å². The van der Waals surface area contributed by atoms with E-state index in [0.29, 0.717) is 12.8 Å². The highest BCUT2D eigenvalue weighted by molar-refractivity contribution is 5.90. The Morgan fingerprint density at radius 1 is 0.857 bits per heavy atom. The second-order valence-corrected chi connectivity index (χ2v) is 5.41. The fourth-order valence-electron chi connectivity index (χ4n) is 2.05. The third-order valence-corrected chi connectivity index (χ3v) is 3.32. The number of unbranched alkanes of at least 4 members (excludes halogenated alkanes) is 7. The van der Waals surface area contributed by atoms with E-state index >= 15 is 0 Å². The molecule has 3 heteroatoms. The number of rotatable bonds is 14. The molecule has 120 valence electrons. The summed E-state index contributed by atoms with van der Waals surface area (Å²) in [5.74, 6) is -0.849. The summed E-state index contributed by atoms with van der Waals surface area (Å²) in [6.45, 7) is 2.23. The summed E-state index contributed by atoms with van der Waals surface area (Å²) in [7, 11) is 0. The van der Waals surface area contributed by atoms with Crippen LogP contribution < -0.4 is 0 Å². The van der Waals surface area contributed by atoms with Crippen LogP contribution in [0.2, 0.25) is 0 Å². The zero-order chi connectivity index (χ0) is 15.8. The highest BCUT2D eigenvalue weighted by Gasteiger charge is 1.99. The number of hydrogen-bond donors (Lipinski definition) is 1. The third kappa shape index (κ3) is 16.6. The van der Waals surface area contributed by atoms with Crippen molar-refractivity contribution in [3.05, 3.63) is 24.3 Å². The molecule has 0 aliphatic rings. The summed E-state index contributed by atoms with van der Waals surface area (Å²) in [5, 5.41) is 8.46. The van der Waals surface area contributed by atoms with Crippen LogP contribution in [0.1, 0.15) is 77.6 Å². The van der Waals surface area contributed by atoms with Gasteiger partial charge in [0.2, 0.25) is 0 Å². The van der Waals surface area contributed by atoms with Gasteiger partial charge in [-0.25, -0.2) is 0 Å². The monoisotopic (exact) mass is 294 g/mol. The Morgan fingerprint density at radius 3 is 2.19 bits per heavy atom. The Kier molecular flexibility index (Phi) is 14.0. The predicted octanol–water partition coefficient (Wildman–Crippen LogP) is 5.06. The molecule has 0 saturated carbocycles. The Labute approximate surface area is 129 Å². The Bertz CT molecular complexity index is 329. The van der Waals surface area contributed by atoms with Gasteiger partial charge in [-0.1, -0.05) is 63.7 Å². The number of hydrogen-bond acceptors (Lipinski definition) is 2. The fraction of sp³-hybridized carbons (Fsp3) is 0.667. The quantitative estimate of drug-likeness (QED) is 0.277. The minimum absolute atomic E-state index is 0.00294. The molecule has 0 spiro atoms. The molecule has 0 aromatic rings. The van der Waals surface area contributed by atoms with Crippen LogP contribution in [0.4, 0.5) is 0 Å². The maximum Gasteiger partial charge on any atom is 0.303 e. The van der Waals surface area contributed by atoms with Gasteiger partial charge in [0.1, 0.15) is 0 Å². The summed E-state index contributed by atoms with van der Waals surface area (Å²) in [4.78, 5) is 21.7. The van der Waals surface area contributed by atoms with Gasteiger partial charge in [-0.3, -0.25) is 9.59 Å². The number of carboxylic acids is 1. The third-order valence-electron chi connectivity index (χ3n) is 3.32. The maximum atomic E-state index is 11.4. The highest BCUT2D eigenvalue weighted by Crippen LogP contribution is 2.08. The van der Waals surface area contributed by atoms with Crippen molar-refractivity contribution < 1.29 is 14.7 Å². The summed E-state index contributed by atoms with van der Waals surface area (Å²) in [5.41, 5.74) is 0. The molecule has 1 N–H and O–H groups in total. The standard InChI is InChI=1S/C18H30O3/c1-2-3-4-5-6-7-8-9-10-11-12-14-17(19)15-13-16-18(20)21/h10-12,14H,2-9,13,15-16H2,1H3,(H,20,21)/b11-10+,14-12+. The number of carbonyl (C=O) groups is 2. The molecule has 0 aromatic heterocycles. The van der Waals surface area contributed by atoms with Crippen LogP contribution in [0, 0.1) is 0 Å². The molecule has 0 aromatic carbocycles. The van der Waals surface area contributed by atoms with Crippen LogP contribution in [0.5, 0.6) is 0 Å². The summed E-state index contributed by atoms with van der Waals surface area (Å²) >= 11 is 0. The van der Waals surface area contributed by atoms with Crippen LogP contribution in [-0.2, 0) is 9.59 Å². The van der Waals surface area contributed by atoms with Crippen molar-refractivity contribution in [2.75, 3.05) is 0 Å². The molecule has 0 fully saturated rings. The summed E-state index contributed by atoms with van der Waals surface area (Å²) in [6.07, 6.45) is 18.3. The minimum Gasteiger partial charge on any atom is -0.481 e. The van der Waals surface area contributed by atoms with Crippen molar-refractivity contribution in [2.45, 2.75) is 77.6 Å². The first-order valence-electron chi connectivity index (χ1n) is 8.24. The lowest BCUT2D eigenvalue weighted by molar-refractivity contribution is -0.137. The van der Waals surface area contributed by atoms with E-state index in [0.717, 1.165) is 6.42 Å². The van der Waals surface area contributed by atoms with E-state index in [9.17, 15) is 9.59 Å². The molecule has 0 unspecified atom stereocenters. The van der Waals surface area contributed by atoms with Gasteiger partial charge in [-0.15, -0.1) is 0 Å². The van der Waals surface area contributed by atoms with Crippen LogP contribution in [0.3, 0.4) is 0 Å². The smallest absolute Gasteiger partial charge is 0.303 e. The van der Waals surface area contributed by atoms with E-state index in [1.807, 2.05) is 6.08 Å². The first-order valence-corrected chi connectivity index (χ1v) is 8.24. The largest absolute Gasteiger partial charge is 0.481 e. The van der Waals surface area contributed by atoms with Crippen molar-refractivity contribution in [2.24, 2.45) is 0 Å². The number of ketones is 1. The second-order valence-electron chi connectivity index (χ2n) is 5.41. The molecule has 0 heterocycles.